The summed E-state index contributed by atoms with van der Waals surface area (Å²) < 4.78 is 10.9. The van der Waals surface area contributed by atoms with Crippen LogP contribution in [0.3, 0.4) is 0 Å². The van der Waals surface area contributed by atoms with Crippen LogP contribution in [0.15, 0.2) is 41.8 Å². The summed E-state index contributed by atoms with van der Waals surface area (Å²) in [6, 6.07) is 11.7. The van der Waals surface area contributed by atoms with Gasteiger partial charge in [-0.25, -0.2) is 0 Å². The number of ether oxygens (including phenoxy) is 2. The topological polar surface area (TPSA) is 50.8 Å². The molecule has 2 atom stereocenters. The number of methoxy groups -OCH3 is 1. The van der Waals surface area contributed by atoms with E-state index in [1.807, 2.05) is 12.1 Å². The van der Waals surface area contributed by atoms with E-state index >= 15 is 0 Å². The second-order valence-electron chi connectivity index (χ2n) is 6.46. The van der Waals surface area contributed by atoms with E-state index in [2.05, 4.69) is 27.7 Å². The van der Waals surface area contributed by atoms with Gasteiger partial charge in [-0.2, -0.15) is 0 Å². The molecular formula is C20H26N2O3S. The lowest BCUT2D eigenvalue weighted by atomic mass is 10.2. The lowest BCUT2D eigenvalue weighted by Gasteiger charge is -2.27. The summed E-state index contributed by atoms with van der Waals surface area (Å²) in [5.74, 6) is 1.32. The number of amides is 1. The van der Waals surface area contributed by atoms with Crippen molar-refractivity contribution in [3.8, 4) is 11.5 Å². The first-order valence-electron chi connectivity index (χ1n) is 9.03. The van der Waals surface area contributed by atoms with Crippen molar-refractivity contribution >= 4 is 17.2 Å². The zero-order chi connectivity index (χ0) is 18.4. The van der Waals surface area contributed by atoms with Crippen LogP contribution in [0.4, 0.5) is 0 Å². The van der Waals surface area contributed by atoms with Crippen molar-refractivity contribution in [3.05, 3.63) is 46.7 Å². The minimum Gasteiger partial charge on any atom is -0.497 e. The summed E-state index contributed by atoms with van der Waals surface area (Å²) in [6.07, 6.45) is 1.91. The van der Waals surface area contributed by atoms with Crippen molar-refractivity contribution in [1.29, 1.82) is 0 Å². The maximum atomic E-state index is 12.5. The Morgan fingerprint density at radius 2 is 1.88 bits per heavy atom. The molecule has 1 fully saturated rings. The molecule has 1 N–H and O–H groups in total. The number of likely N-dealkylation sites (tertiary alicyclic amines) is 1. The van der Waals surface area contributed by atoms with Gasteiger partial charge < -0.3 is 14.8 Å². The van der Waals surface area contributed by atoms with E-state index in [1.165, 1.54) is 17.7 Å². The van der Waals surface area contributed by atoms with Gasteiger partial charge in [-0.15, -0.1) is 11.3 Å². The lowest BCUT2D eigenvalue weighted by molar-refractivity contribution is -0.127. The molecule has 1 aliphatic heterocycles. The normalized spacial score (nSPS) is 16.8. The Kier molecular flexibility index (Phi) is 6.52. The number of thiophene rings is 1. The fraction of sp³-hybridized carbons (Fsp3) is 0.450. The van der Waals surface area contributed by atoms with Gasteiger partial charge in [0.15, 0.2) is 6.10 Å². The van der Waals surface area contributed by atoms with Gasteiger partial charge in [0.05, 0.1) is 13.2 Å². The molecular weight excluding hydrogens is 348 g/mol. The van der Waals surface area contributed by atoms with E-state index in [0.717, 1.165) is 18.8 Å². The average molecular weight is 375 g/mol. The molecule has 6 heteroatoms. The Balaban J connectivity index is 1.55. The van der Waals surface area contributed by atoms with Crippen LogP contribution in [-0.4, -0.2) is 43.7 Å². The molecule has 140 valence electrons. The molecule has 2 heterocycles. The van der Waals surface area contributed by atoms with Gasteiger partial charge in [0.1, 0.15) is 11.5 Å². The van der Waals surface area contributed by atoms with Gasteiger partial charge in [0.2, 0.25) is 0 Å². The number of benzene rings is 1. The predicted octanol–water partition coefficient (Wildman–Crippen LogP) is 3.48. The first-order chi connectivity index (χ1) is 12.7. The minimum atomic E-state index is -0.550. The highest BCUT2D eigenvalue weighted by Gasteiger charge is 2.25. The Morgan fingerprint density at radius 3 is 2.50 bits per heavy atom. The third-order valence-corrected chi connectivity index (χ3v) is 5.64. The summed E-state index contributed by atoms with van der Waals surface area (Å²) >= 11 is 1.75. The highest BCUT2D eigenvalue weighted by Crippen LogP contribution is 2.28. The first-order valence-corrected chi connectivity index (χ1v) is 9.91. The van der Waals surface area contributed by atoms with Gasteiger partial charge in [-0.3, -0.25) is 9.69 Å². The third-order valence-electron chi connectivity index (χ3n) is 4.66. The lowest BCUT2D eigenvalue weighted by Crippen LogP contribution is -2.41. The zero-order valence-corrected chi connectivity index (χ0v) is 16.1. The molecule has 5 nitrogen and oxygen atoms in total. The van der Waals surface area contributed by atoms with Crippen LogP contribution in [0.5, 0.6) is 11.5 Å². The average Bonchev–Trinajstić information content (AvgIpc) is 3.37. The molecule has 1 amide bonds. The van der Waals surface area contributed by atoms with E-state index in [1.54, 1.807) is 37.5 Å². The maximum Gasteiger partial charge on any atom is 0.260 e. The SMILES string of the molecule is COc1ccc(OC(C)C(=O)NCC(c2cccs2)N2CCCC2)cc1. The highest BCUT2D eigenvalue weighted by atomic mass is 32.1. The second kappa shape index (κ2) is 9.05. The van der Waals surface area contributed by atoms with E-state index in [9.17, 15) is 4.79 Å². The monoisotopic (exact) mass is 374 g/mol. The van der Waals surface area contributed by atoms with Gasteiger partial charge in [0, 0.05) is 11.4 Å². The molecule has 0 saturated carbocycles. The molecule has 0 radical (unpaired) electrons. The predicted molar refractivity (Wildman–Crippen MR) is 104 cm³/mol. The summed E-state index contributed by atoms with van der Waals surface area (Å²) in [7, 11) is 1.62. The third kappa shape index (κ3) is 4.77. The number of carbonyl (C=O) groups excluding carboxylic acids is 1. The summed E-state index contributed by atoms with van der Waals surface area (Å²) in [6.45, 7) is 4.57. The number of carbonyl (C=O) groups is 1. The van der Waals surface area contributed by atoms with Crippen molar-refractivity contribution in [2.75, 3.05) is 26.7 Å². The molecule has 0 spiro atoms. The van der Waals surface area contributed by atoms with E-state index in [4.69, 9.17) is 9.47 Å². The highest BCUT2D eigenvalue weighted by molar-refractivity contribution is 7.10. The maximum absolute atomic E-state index is 12.5. The van der Waals surface area contributed by atoms with E-state index in [0.29, 0.717) is 12.3 Å². The Hall–Kier alpha value is -2.05. The first kappa shape index (κ1) is 18.7. The molecule has 0 aliphatic carbocycles. The molecule has 1 saturated heterocycles. The number of nitrogens with one attached hydrogen (secondary N) is 1. The van der Waals surface area contributed by atoms with Gasteiger partial charge >= 0.3 is 0 Å². The smallest absolute Gasteiger partial charge is 0.260 e. The minimum absolute atomic E-state index is 0.0958. The van der Waals surface area contributed by atoms with Crippen molar-refractivity contribution in [2.45, 2.75) is 31.9 Å². The number of hydrogen-bond donors (Lipinski definition) is 1. The molecule has 1 aliphatic rings. The van der Waals surface area contributed by atoms with Gasteiger partial charge in [0.25, 0.3) is 5.91 Å². The number of rotatable bonds is 8. The van der Waals surface area contributed by atoms with Crippen molar-refractivity contribution in [1.82, 2.24) is 10.2 Å². The zero-order valence-electron chi connectivity index (χ0n) is 15.3. The van der Waals surface area contributed by atoms with Gasteiger partial charge in [-0.05, 0) is 68.6 Å². The van der Waals surface area contributed by atoms with Crippen molar-refractivity contribution in [2.24, 2.45) is 0 Å². The second-order valence-corrected chi connectivity index (χ2v) is 7.43. The largest absolute Gasteiger partial charge is 0.497 e. The van der Waals surface area contributed by atoms with Crippen LogP contribution in [0.1, 0.15) is 30.7 Å². The fourth-order valence-corrected chi connectivity index (χ4v) is 4.06. The van der Waals surface area contributed by atoms with Crippen molar-refractivity contribution < 1.29 is 14.3 Å². The molecule has 2 unspecified atom stereocenters. The summed E-state index contributed by atoms with van der Waals surface area (Å²) in [5.41, 5.74) is 0. The number of hydrogen-bond acceptors (Lipinski definition) is 5. The Labute approximate surface area is 158 Å². The van der Waals surface area contributed by atoms with E-state index in [-0.39, 0.29) is 11.9 Å². The van der Waals surface area contributed by atoms with Crippen molar-refractivity contribution in [3.63, 3.8) is 0 Å². The van der Waals surface area contributed by atoms with Crippen LogP contribution in [0, 0.1) is 0 Å². The van der Waals surface area contributed by atoms with Crippen LogP contribution in [0.25, 0.3) is 0 Å². The quantitative estimate of drug-likeness (QED) is 0.769. The molecule has 2 aromatic rings. The Bertz CT molecular complexity index is 682. The standard InChI is InChI=1S/C20H26N2O3S/c1-15(25-17-9-7-16(24-2)8-10-17)20(23)21-14-18(19-6-5-13-26-19)22-11-3-4-12-22/h5-10,13,15,18H,3-4,11-12,14H2,1-2H3,(H,21,23). The van der Waals surface area contributed by atoms with Crippen LogP contribution in [-0.2, 0) is 4.79 Å². The molecule has 1 aromatic carbocycles. The van der Waals surface area contributed by atoms with Crippen LogP contribution >= 0.6 is 11.3 Å². The molecule has 3 rings (SSSR count). The van der Waals surface area contributed by atoms with Gasteiger partial charge in [-0.1, -0.05) is 6.07 Å². The molecule has 26 heavy (non-hydrogen) atoms. The van der Waals surface area contributed by atoms with Crippen LogP contribution in [0.2, 0.25) is 0 Å². The number of nitrogens with zero attached hydrogens (tertiary/aromatic N) is 1. The molecule has 0 bridgehead atoms. The van der Waals surface area contributed by atoms with Crippen LogP contribution < -0.4 is 14.8 Å². The van der Waals surface area contributed by atoms with E-state index < -0.39 is 6.10 Å². The fourth-order valence-electron chi connectivity index (χ4n) is 3.20. The summed E-state index contributed by atoms with van der Waals surface area (Å²) in [5, 5.41) is 5.16. The summed E-state index contributed by atoms with van der Waals surface area (Å²) in [4.78, 5) is 16.2. The molecule has 1 aromatic heterocycles. The Morgan fingerprint density at radius 1 is 1.19 bits per heavy atom.